The van der Waals surface area contributed by atoms with Crippen LogP contribution in [0.15, 0.2) is 24.3 Å². The van der Waals surface area contributed by atoms with Gasteiger partial charge in [0.25, 0.3) is 0 Å². The van der Waals surface area contributed by atoms with Crippen LogP contribution in [0.5, 0.6) is 0 Å². The van der Waals surface area contributed by atoms with Gasteiger partial charge >= 0.3 is 0 Å². The van der Waals surface area contributed by atoms with Gasteiger partial charge in [0.15, 0.2) is 0 Å². The largest absolute Gasteiger partial charge is 0.354 e. The monoisotopic (exact) mass is 275 g/mol. The summed E-state index contributed by atoms with van der Waals surface area (Å²) in [4.78, 5) is 14.4. The highest BCUT2D eigenvalue weighted by Crippen LogP contribution is 2.11. The Hall–Kier alpha value is -1.39. The molecule has 1 heterocycles. The minimum absolute atomic E-state index is 0.0877. The van der Waals surface area contributed by atoms with E-state index in [0.29, 0.717) is 6.54 Å². The topological polar surface area (TPSA) is 58.4 Å². The molecule has 0 radical (unpaired) electrons. The van der Waals surface area contributed by atoms with Gasteiger partial charge in [0.1, 0.15) is 6.04 Å². The van der Waals surface area contributed by atoms with E-state index in [9.17, 15) is 4.79 Å². The van der Waals surface area contributed by atoms with E-state index in [-0.39, 0.29) is 5.91 Å². The molecule has 4 nitrogen and oxygen atoms in total. The molecule has 1 atom stereocenters. The Morgan fingerprint density at radius 3 is 2.60 bits per heavy atom. The lowest BCUT2D eigenvalue weighted by atomic mass is 10.1. The number of carbonyl (C=O) groups excluding carboxylic acids is 1. The molecule has 1 aliphatic rings. The van der Waals surface area contributed by atoms with Crippen LogP contribution >= 0.6 is 0 Å². The van der Waals surface area contributed by atoms with E-state index in [1.807, 2.05) is 31.2 Å². The molecule has 1 amide bonds. The number of aryl methyl sites for hydroxylation is 1. The fourth-order valence-corrected chi connectivity index (χ4v) is 2.56. The number of carbonyl (C=O) groups is 1. The van der Waals surface area contributed by atoms with Crippen LogP contribution in [-0.4, -0.2) is 37.0 Å². The molecule has 0 bridgehead atoms. The summed E-state index contributed by atoms with van der Waals surface area (Å²) in [5.74, 6) is -0.0877. The van der Waals surface area contributed by atoms with E-state index < -0.39 is 6.04 Å². The second-order valence-corrected chi connectivity index (χ2v) is 5.58. The van der Waals surface area contributed by atoms with Gasteiger partial charge in [0, 0.05) is 6.54 Å². The molecule has 0 saturated carbocycles. The van der Waals surface area contributed by atoms with Crippen molar-refractivity contribution in [2.45, 2.75) is 32.2 Å². The van der Waals surface area contributed by atoms with Crippen LogP contribution in [0.2, 0.25) is 0 Å². The Balaban J connectivity index is 1.69. The minimum atomic E-state index is -0.567. The van der Waals surface area contributed by atoms with Crippen LogP contribution in [0.4, 0.5) is 0 Å². The number of rotatable bonds is 6. The number of hydrogen-bond acceptors (Lipinski definition) is 3. The molecule has 1 aliphatic heterocycles. The van der Waals surface area contributed by atoms with Crippen molar-refractivity contribution in [3.05, 3.63) is 35.4 Å². The lowest BCUT2D eigenvalue weighted by Crippen LogP contribution is -2.35. The fourth-order valence-electron chi connectivity index (χ4n) is 2.56. The molecular formula is C16H25N3O. The average molecular weight is 275 g/mol. The molecule has 20 heavy (non-hydrogen) atoms. The fraction of sp³-hybridized carbons (Fsp3) is 0.562. The number of nitrogens with two attached hydrogens (primary N) is 1. The number of nitrogens with one attached hydrogen (secondary N) is 1. The second-order valence-electron chi connectivity index (χ2n) is 5.58. The minimum Gasteiger partial charge on any atom is -0.354 e. The van der Waals surface area contributed by atoms with Crippen LogP contribution in [0, 0.1) is 6.92 Å². The molecule has 1 aromatic carbocycles. The Kier molecular flexibility index (Phi) is 5.56. The normalized spacial score (nSPS) is 17.1. The zero-order chi connectivity index (χ0) is 14.4. The van der Waals surface area contributed by atoms with Gasteiger partial charge in [0.2, 0.25) is 5.91 Å². The van der Waals surface area contributed by atoms with Crippen molar-refractivity contribution in [3.63, 3.8) is 0 Å². The third-order valence-electron chi connectivity index (χ3n) is 3.87. The molecular weight excluding hydrogens is 250 g/mol. The van der Waals surface area contributed by atoms with Crippen LogP contribution in [0.3, 0.4) is 0 Å². The summed E-state index contributed by atoms with van der Waals surface area (Å²) in [6.07, 6.45) is 3.61. The lowest BCUT2D eigenvalue weighted by molar-refractivity contribution is -0.122. The maximum atomic E-state index is 12.0. The lowest BCUT2D eigenvalue weighted by Gasteiger charge is -2.16. The molecule has 1 unspecified atom stereocenters. The third-order valence-corrected chi connectivity index (χ3v) is 3.87. The van der Waals surface area contributed by atoms with Crippen LogP contribution in [-0.2, 0) is 4.79 Å². The molecule has 3 N–H and O–H groups in total. The van der Waals surface area contributed by atoms with Crippen molar-refractivity contribution in [3.8, 4) is 0 Å². The predicted molar refractivity (Wildman–Crippen MR) is 81.4 cm³/mol. The summed E-state index contributed by atoms with van der Waals surface area (Å²) < 4.78 is 0. The van der Waals surface area contributed by atoms with Crippen molar-refractivity contribution < 1.29 is 4.79 Å². The van der Waals surface area contributed by atoms with Crippen LogP contribution in [0.1, 0.15) is 36.4 Å². The van der Waals surface area contributed by atoms with Crippen LogP contribution < -0.4 is 11.1 Å². The maximum Gasteiger partial charge on any atom is 0.241 e. The maximum absolute atomic E-state index is 12.0. The summed E-state index contributed by atoms with van der Waals surface area (Å²) in [5, 5.41) is 2.93. The van der Waals surface area contributed by atoms with E-state index in [2.05, 4.69) is 10.2 Å². The smallest absolute Gasteiger partial charge is 0.241 e. The summed E-state index contributed by atoms with van der Waals surface area (Å²) in [6.45, 7) is 6.20. The number of hydrogen-bond donors (Lipinski definition) is 2. The summed E-state index contributed by atoms with van der Waals surface area (Å²) in [5.41, 5.74) is 8.01. The number of amides is 1. The third kappa shape index (κ3) is 4.32. The zero-order valence-electron chi connectivity index (χ0n) is 12.3. The molecule has 0 aliphatic carbocycles. The van der Waals surface area contributed by atoms with Gasteiger partial charge in [0.05, 0.1) is 0 Å². The van der Waals surface area contributed by atoms with Crippen molar-refractivity contribution in [1.82, 2.24) is 10.2 Å². The van der Waals surface area contributed by atoms with Gasteiger partial charge in [-0.2, -0.15) is 0 Å². The van der Waals surface area contributed by atoms with Crippen molar-refractivity contribution in [2.24, 2.45) is 5.73 Å². The molecule has 0 spiro atoms. The van der Waals surface area contributed by atoms with Crippen molar-refractivity contribution in [2.75, 3.05) is 26.2 Å². The first-order valence-corrected chi connectivity index (χ1v) is 7.49. The Labute approximate surface area is 121 Å². The predicted octanol–water partition coefficient (Wildman–Crippen LogP) is 1.60. The quantitative estimate of drug-likeness (QED) is 0.775. The highest BCUT2D eigenvalue weighted by Gasteiger charge is 2.15. The van der Waals surface area contributed by atoms with Gasteiger partial charge < -0.3 is 16.0 Å². The molecule has 110 valence electrons. The van der Waals surface area contributed by atoms with E-state index >= 15 is 0 Å². The standard InChI is InChI=1S/C16H25N3O/c1-13-5-7-14(8-6-13)15(17)16(20)18-9-4-12-19-10-2-3-11-19/h5-8,15H,2-4,9-12,17H2,1H3,(H,18,20). The van der Waals surface area contributed by atoms with Gasteiger partial charge in [-0.05, 0) is 51.4 Å². The van der Waals surface area contributed by atoms with Gasteiger partial charge in [-0.15, -0.1) is 0 Å². The molecule has 0 aromatic heterocycles. The van der Waals surface area contributed by atoms with Gasteiger partial charge in [-0.1, -0.05) is 29.8 Å². The Bertz CT molecular complexity index is 424. The number of benzene rings is 1. The van der Waals surface area contributed by atoms with Gasteiger partial charge in [-0.25, -0.2) is 0 Å². The molecule has 2 rings (SSSR count). The highest BCUT2D eigenvalue weighted by molar-refractivity contribution is 5.82. The van der Waals surface area contributed by atoms with E-state index in [4.69, 9.17) is 5.73 Å². The first-order valence-electron chi connectivity index (χ1n) is 7.49. The first-order chi connectivity index (χ1) is 9.66. The average Bonchev–Trinajstić information content (AvgIpc) is 2.96. The van der Waals surface area contributed by atoms with E-state index in [0.717, 1.165) is 18.5 Å². The first kappa shape index (κ1) is 15.0. The van der Waals surface area contributed by atoms with Crippen molar-refractivity contribution >= 4 is 5.91 Å². The highest BCUT2D eigenvalue weighted by atomic mass is 16.2. The van der Waals surface area contributed by atoms with Gasteiger partial charge in [-0.3, -0.25) is 4.79 Å². The number of nitrogens with zero attached hydrogens (tertiary/aromatic N) is 1. The molecule has 1 saturated heterocycles. The summed E-state index contributed by atoms with van der Waals surface area (Å²) in [6, 6.07) is 7.24. The Morgan fingerprint density at radius 1 is 1.30 bits per heavy atom. The van der Waals surface area contributed by atoms with Crippen molar-refractivity contribution in [1.29, 1.82) is 0 Å². The zero-order valence-corrected chi connectivity index (χ0v) is 12.3. The molecule has 1 fully saturated rings. The van der Waals surface area contributed by atoms with Crippen LogP contribution in [0.25, 0.3) is 0 Å². The van der Waals surface area contributed by atoms with E-state index in [1.54, 1.807) is 0 Å². The summed E-state index contributed by atoms with van der Waals surface area (Å²) >= 11 is 0. The number of likely N-dealkylation sites (tertiary alicyclic amines) is 1. The second kappa shape index (κ2) is 7.41. The van der Waals surface area contributed by atoms with E-state index in [1.165, 1.54) is 31.5 Å². The summed E-state index contributed by atoms with van der Waals surface area (Å²) in [7, 11) is 0. The SMILES string of the molecule is Cc1ccc(C(N)C(=O)NCCCN2CCCC2)cc1. The molecule has 1 aromatic rings. The molecule has 4 heteroatoms. The Morgan fingerprint density at radius 2 is 1.95 bits per heavy atom.